The molecular formula is C10H12F3NO2. The highest BCUT2D eigenvalue weighted by Crippen LogP contribution is 2.35. The number of aliphatic hydroxyl groups excluding tert-OH is 1. The molecule has 1 rings (SSSR count). The van der Waals surface area contributed by atoms with Gasteiger partial charge in [0.2, 0.25) is 0 Å². The first-order chi connectivity index (χ1) is 7.51. The molecule has 0 fully saturated rings. The van der Waals surface area contributed by atoms with Gasteiger partial charge in [-0.25, -0.2) is 13.2 Å². The lowest BCUT2D eigenvalue weighted by Crippen LogP contribution is -2.16. The summed E-state index contributed by atoms with van der Waals surface area (Å²) in [5.74, 6) is -1.02. The van der Waals surface area contributed by atoms with E-state index in [4.69, 9.17) is 15.6 Å². The molecule has 0 aliphatic carbocycles. The summed E-state index contributed by atoms with van der Waals surface area (Å²) >= 11 is 0. The third kappa shape index (κ3) is 2.45. The van der Waals surface area contributed by atoms with E-state index < -0.39 is 30.5 Å². The smallest absolute Gasteiger partial charge is 0.267 e. The summed E-state index contributed by atoms with van der Waals surface area (Å²) < 4.78 is 43.0. The van der Waals surface area contributed by atoms with Crippen molar-refractivity contribution in [2.45, 2.75) is 12.5 Å². The summed E-state index contributed by atoms with van der Waals surface area (Å²) in [6.07, 6.45) is -2.87. The topological polar surface area (TPSA) is 55.5 Å². The van der Waals surface area contributed by atoms with Crippen LogP contribution in [0.2, 0.25) is 0 Å². The first-order valence-corrected chi connectivity index (χ1v) is 4.53. The minimum absolute atomic E-state index is 0.0281. The number of alkyl halides is 2. The van der Waals surface area contributed by atoms with Crippen molar-refractivity contribution in [3.63, 3.8) is 0 Å². The zero-order valence-electron chi connectivity index (χ0n) is 8.58. The molecule has 0 radical (unpaired) electrons. The normalized spacial score (nSPS) is 12.9. The van der Waals surface area contributed by atoms with Gasteiger partial charge in [0, 0.05) is 5.56 Å². The van der Waals surface area contributed by atoms with Crippen LogP contribution in [-0.2, 0) is 0 Å². The van der Waals surface area contributed by atoms with Crippen molar-refractivity contribution in [1.82, 2.24) is 0 Å². The van der Waals surface area contributed by atoms with E-state index in [2.05, 4.69) is 0 Å². The highest BCUT2D eigenvalue weighted by molar-refractivity contribution is 5.44. The summed E-state index contributed by atoms with van der Waals surface area (Å²) in [6, 6.07) is 0.714. The Morgan fingerprint density at radius 2 is 1.94 bits per heavy atom. The second-order valence-corrected chi connectivity index (χ2v) is 3.21. The maximum absolute atomic E-state index is 13.1. The van der Waals surface area contributed by atoms with Crippen molar-refractivity contribution in [3.05, 3.63) is 29.1 Å². The summed E-state index contributed by atoms with van der Waals surface area (Å²) in [7, 11) is 1.19. The van der Waals surface area contributed by atoms with Crippen LogP contribution in [0, 0.1) is 5.82 Å². The van der Waals surface area contributed by atoms with Crippen LogP contribution >= 0.6 is 0 Å². The van der Waals surface area contributed by atoms with Crippen LogP contribution in [0.1, 0.15) is 23.6 Å². The third-order valence-corrected chi connectivity index (χ3v) is 2.15. The first kappa shape index (κ1) is 12.8. The predicted molar refractivity (Wildman–Crippen MR) is 51.9 cm³/mol. The average Bonchev–Trinajstić information content (AvgIpc) is 2.26. The molecule has 1 atom stereocenters. The number of nitrogens with two attached hydrogens (primary N) is 1. The summed E-state index contributed by atoms with van der Waals surface area (Å²) in [6.45, 7) is -0.484. The van der Waals surface area contributed by atoms with Gasteiger partial charge in [-0.05, 0) is 12.1 Å². The zero-order valence-corrected chi connectivity index (χ0v) is 8.58. The Balaban J connectivity index is 3.35. The van der Waals surface area contributed by atoms with E-state index in [-0.39, 0.29) is 11.3 Å². The summed E-state index contributed by atoms with van der Waals surface area (Å²) in [5, 5.41) is 8.84. The lowest BCUT2D eigenvalue weighted by Gasteiger charge is -2.17. The molecule has 0 heterocycles. The molecule has 6 heteroatoms. The zero-order chi connectivity index (χ0) is 12.3. The Morgan fingerprint density at radius 1 is 1.38 bits per heavy atom. The van der Waals surface area contributed by atoms with Gasteiger partial charge >= 0.3 is 0 Å². The van der Waals surface area contributed by atoms with Gasteiger partial charge in [-0.1, -0.05) is 0 Å². The molecule has 3 N–H and O–H groups in total. The van der Waals surface area contributed by atoms with Crippen LogP contribution in [0.4, 0.5) is 13.2 Å². The first-order valence-electron chi connectivity index (χ1n) is 4.53. The van der Waals surface area contributed by atoms with E-state index >= 15 is 0 Å². The van der Waals surface area contributed by atoms with Crippen molar-refractivity contribution in [3.8, 4) is 5.75 Å². The Morgan fingerprint density at radius 3 is 2.38 bits per heavy atom. The number of methoxy groups -OCH3 is 1. The molecule has 1 aromatic carbocycles. The van der Waals surface area contributed by atoms with E-state index in [0.29, 0.717) is 6.07 Å². The van der Waals surface area contributed by atoms with E-state index in [1.54, 1.807) is 0 Å². The van der Waals surface area contributed by atoms with Crippen molar-refractivity contribution in [2.75, 3.05) is 13.7 Å². The van der Waals surface area contributed by atoms with Crippen LogP contribution in [0.3, 0.4) is 0 Å². The molecule has 1 unspecified atom stereocenters. The Labute approximate surface area is 90.6 Å². The number of halogens is 3. The molecular weight excluding hydrogens is 223 g/mol. The predicted octanol–water partition coefficient (Wildman–Crippen LogP) is 1.76. The van der Waals surface area contributed by atoms with Gasteiger partial charge < -0.3 is 15.6 Å². The fraction of sp³-hybridized carbons (Fsp3) is 0.400. The molecule has 0 aromatic heterocycles. The Hall–Kier alpha value is -1.27. The number of rotatable bonds is 4. The molecule has 0 spiro atoms. The number of ether oxygens (including phenoxy) is 1. The second-order valence-electron chi connectivity index (χ2n) is 3.21. The Bertz CT molecular complexity index is 371. The Kier molecular flexibility index (Phi) is 4.14. The molecule has 0 aliphatic heterocycles. The van der Waals surface area contributed by atoms with Crippen LogP contribution in [-0.4, -0.2) is 18.8 Å². The van der Waals surface area contributed by atoms with Crippen LogP contribution < -0.4 is 10.5 Å². The number of aliphatic hydroxyl groups is 1. The summed E-state index contributed by atoms with van der Waals surface area (Å²) in [5.41, 5.74) is 4.93. The quantitative estimate of drug-likeness (QED) is 0.836. The fourth-order valence-electron chi connectivity index (χ4n) is 1.41. The SMILES string of the molecule is COc1c(C(F)F)cc(F)cc1C(N)CO. The molecule has 0 bridgehead atoms. The van der Waals surface area contributed by atoms with Crippen molar-refractivity contribution >= 4 is 0 Å². The van der Waals surface area contributed by atoms with Crippen molar-refractivity contribution in [1.29, 1.82) is 0 Å². The minimum atomic E-state index is -2.87. The van der Waals surface area contributed by atoms with E-state index in [0.717, 1.165) is 6.07 Å². The third-order valence-electron chi connectivity index (χ3n) is 2.15. The van der Waals surface area contributed by atoms with Crippen LogP contribution in [0.15, 0.2) is 12.1 Å². The number of hydrogen-bond acceptors (Lipinski definition) is 3. The van der Waals surface area contributed by atoms with E-state index in [9.17, 15) is 13.2 Å². The fourth-order valence-corrected chi connectivity index (χ4v) is 1.41. The lowest BCUT2D eigenvalue weighted by molar-refractivity contribution is 0.146. The molecule has 3 nitrogen and oxygen atoms in total. The average molecular weight is 235 g/mol. The maximum Gasteiger partial charge on any atom is 0.267 e. The highest BCUT2D eigenvalue weighted by Gasteiger charge is 2.21. The molecule has 0 amide bonds. The number of hydrogen-bond donors (Lipinski definition) is 2. The van der Waals surface area contributed by atoms with Gasteiger partial charge in [0.05, 0.1) is 25.3 Å². The van der Waals surface area contributed by atoms with Gasteiger partial charge in [0.15, 0.2) is 0 Å². The molecule has 0 aliphatic rings. The van der Waals surface area contributed by atoms with Crippen molar-refractivity contribution < 1.29 is 23.0 Å². The minimum Gasteiger partial charge on any atom is -0.496 e. The van der Waals surface area contributed by atoms with Gasteiger partial charge in [-0.2, -0.15) is 0 Å². The molecule has 16 heavy (non-hydrogen) atoms. The summed E-state index contributed by atoms with van der Waals surface area (Å²) in [4.78, 5) is 0. The van der Waals surface area contributed by atoms with Gasteiger partial charge in [0.25, 0.3) is 6.43 Å². The van der Waals surface area contributed by atoms with Crippen molar-refractivity contribution in [2.24, 2.45) is 5.73 Å². The number of benzene rings is 1. The van der Waals surface area contributed by atoms with E-state index in [1.807, 2.05) is 0 Å². The van der Waals surface area contributed by atoms with E-state index in [1.165, 1.54) is 7.11 Å². The largest absolute Gasteiger partial charge is 0.496 e. The lowest BCUT2D eigenvalue weighted by atomic mass is 10.0. The molecule has 0 saturated heterocycles. The van der Waals surface area contributed by atoms with Crippen LogP contribution in [0.5, 0.6) is 5.75 Å². The van der Waals surface area contributed by atoms with Gasteiger partial charge in [-0.3, -0.25) is 0 Å². The molecule has 90 valence electrons. The standard InChI is InChI=1S/C10H12F3NO2/c1-16-9-6(8(14)4-15)2-5(11)3-7(9)10(12)13/h2-3,8,10,15H,4,14H2,1H3. The highest BCUT2D eigenvalue weighted by atomic mass is 19.3. The monoisotopic (exact) mass is 235 g/mol. The van der Waals surface area contributed by atoms with Gasteiger partial charge in [-0.15, -0.1) is 0 Å². The van der Waals surface area contributed by atoms with Crippen LogP contribution in [0.25, 0.3) is 0 Å². The molecule has 1 aromatic rings. The second kappa shape index (κ2) is 5.18. The maximum atomic E-state index is 13.1. The van der Waals surface area contributed by atoms with Gasteiger partial charge in [0.1, 0.15) is 11.6 Å². The molecule has 0 saturated carbocycles.